The first-order valence-corrected chi connectivity index (χ1v) is 12.0. The summed E-state index contributed by atoms with van der Waals surface area (Å²) in [6, 6.07) is 12.1. The number of nitrogens with one attached hydrogen (secondary N) is 1. The molecule has 0 saturated carbocycles. The van der Waals surface area contributed by atoms with Crippen LogP contribution in [0.1, 0.15) is 52.0 Å². The number of aryl methyl sites for hydroxylation is 1. The summed E-state index contributed by atoms with van der Waals surface area (Å²) in [4.78, 5) is 18.5. The molecule has 0 spiro atoms. The number of hydrogen-bond donors (Lipinski definition) is 1. The summed E-state index contributed by atoms with van der Waals surface area (Å²) in [6.45, 7) is 3.68. The molecule has 0 saturated heterocycles. The number of benzene rings is 2. The van der Waals surface area contributed by atoms with Gasteiger partial charge in [-0.15, -0.1) is 0 Å². The molecule has 0 atom stereocenters. The van der Waals surface area contributed by atoms with Gasteiger partial charge in [0.15, 0.2) is 5.82 Å². The van der Waals surface area contributed by atoms with Gasteiger partial charge in [-0.05, 0) is 60.4 Å². The van der Waals surface area contributed by atoms with Crippen molar-refractivity contribution in [2.75, 3.05) is 0 Å². The highest BCUT2D eigenvalue weighted by Gasteiger charge is 2.31. The average molecular weight is 536 g/mol. The maximum absolute atomic E-state index is 14.1. The number of nitrogens with zero attached hydrogens (tertiary/aromatic N) is 3. The second-order valence-corrected chi connectivity index (χ2v) is 9.33. The number of pyridine rings is 1. The molecule has 5 aromatic rings. The summed E-state index contributed by atoms with van der Waals surface area (Å²) in [6.07, 6.45) is -2.67. The van der Waals surface area contributed by atoms with E-state index in [2.05, 4.69) is 15.1 Å². The number of imidazole rings is 1. The number of ether oxygens (including phenoxy) is 1. The largest absolute Gasteiger partial charge is 0.488 e. The highest BCUT2D eigenvalue weighted by Crippen LogP contribution is 2.41. The molecule has 198 valence electrons. The first-order valence-electron chi connectivity index (χ1n) is 12.0. The summed E-state index contributed by atoms with van der Waals surface area (Å²) >= 11 is 0. The standard InChI is InChI=1S/C28H20F4N4O3/c1-14(26-34-27(37)39-35-26)25-20-5-3-16(9-17(20)13-38-23-12-19(29)4-6-21(23)25)10-22-15(2)33-24-11-18(28(30,31)32)7-8-36(22)24/h3-9,11-12H,10,13H2,1-2H3,(H,34,35,37). The van der Waals surface area contributed by atoms with Crippen LogP contribution < -0.4 is 10.5 Å². The molecular weight excluding hydrogens is 516 g/mol. The smallest absolute Gasteiger partial charge is 0.439 e. The van der Waals surface area contributed by atoms with E-state index in [4.69, 9.17) is 9.26 Å². The van der Waals surface area contributed by atoms with Gasteiger partial charge in [-0.2, -0.15) is 13.2 Å². The molecule has 0 aliphatic carbocycles. The van der Waals surface area contributed by atoms with Crippen LogP contribution >= 0.6 is 0 Å². The Balaban J connectivity index is 1.44. The summed E-state index contributed by atoms with van der Waals surface area (Å²) in [7, 11) is 0. The van der Waals surface area contributed by atoms with E-state index >= 15 is 0 Å². The van der Waals surface area contributed by atoms with Gasteiger partial charge in [0.1, 0.15) is 23.8 Å². The normalized spacial score (nSPS) is 14.5. The first kappa shape index (κ1) is 24.7. The number of fused-ring (bicyclic) bond motifs is 3. The Morgan fingerprint density at radius 2 is 1.90 bits per heavy atom. The number of alkyl halides is 3. The van der Waals surface area contributed by atoms with E-state index in [0.717, 1.165) is 34.5 Å². The van der Waals surface area contributed by atoms with E-state index in [1.165, 1.54) is 18.3 Å². The highest BCUT2D eigenvalue weighted by molar-refractivity contribution is 5.99. The van der Waals surface area contributed by atoms with Gasteiger partial charge in [0.05, 0.1) is 11.3 Å². The second kappa shape index (κ2) is 8.97. The lowest BCUT2D eigenvalue weighted by Crippen LogP contribution is -2.06. The quantitative estimate of drug-likeness (QED) is 0.289. The van der Waals surface area contributed by atoms with Gasteiger partial charge in [-0.1, -0.05) is 23.4 Å². The fourth-order valence-electron chi connectivity index (χ4n) is 4.95. The number of aromatic amines is 1. The van der Waals surface area contributed by atoms with E-state index < -0.39 is 23.3 Å². The molecule has 1 aliphatic rings. The predicted molar refractivity (Wildman–Crippen MR) is 134 cm³/mol. The van der Waals surface area contributed by atoms with Crippen LogP contribution in [0.15, 0.2) is 64.0 Å². The Morgan fingerprint density at radius 1 is 1.10 bits per heavy atom. The Labute approximate surface area is 218 Å². The molecule has 6 rings (SSSR count). The summed E-state index contributed by atoms with van der Waals surface area (Å²) in [5.41, 5.74) is 5.24. The van der Waals surface area contributed by atoms with Crippen LogP contribution in [-0.2, 0) is 19.2 Å². The third kappa shape index (κ3) is 4.39. The van der Waals surface area contributed by atoms with Crippen LogP contribution in [0, 0.1) is 12.7 Å². The van der Waals surface area contributed by atoms with Crippen molar-refractivity contribution in [2.24, 2.45) is 0 Å². The van der Waals surface area contributed by atoms with Crippen molar-refractivity contribution in [1.82, 2.24) is 19.5 Å². The molecule has 0 unspecified atom stereocenters. The Bertz CT molecular complexity index is 1850. The SMILES string of the molecule is CC(=C1c2ccc(Cc3c(C)nc4cc(C(F)(F)F)ccn34)cc2COc2cc(F)ccc21)c1noc(=O)[nH]1. The molecule has 4 heterocycles. The molecule has 0 fully saturated rings. The van der Waals surface area contributed by atoms with Crippen molar-refractivity contribution in [3.63, 3.8) is 0 Å². The molecule has 0 radical (unpaired) electrons. The van der Waals surface area contributed by atoms with E-state index in [0.29, 0.717) is 34.6 Å². The zero-order valence-electron chi connectivity index (χ0n) is 20.7. The molecule has 2 aromatic carbocycles. The Hall–Kier alpha value is -4.67. The molecule has 1 N–H and O–H groups in total. The van der Waals surface area contributed by atoms with E-state index in [1.54, 1.807) is 24.3 Å². The topological polar surface area (TPSA) is 85.4 Å². The lowest BCUT2D eigenvalue weighted by atomic mass is 9.89. The van der Waals surface area contributed by atoms with Crippen molar-refractivity contribution < 1.29 is 26.8 Å². The lowest BCUT2D eigenvalue weighted by molar-refractivity contribution is -0.137. The molecule has 0 amide bonds. The minimum Gasteiger partial charge on any atom is -0.488 e. The Kier molecular flexibility index (Phi) is 5.67. The van der Waals surface area contributed by atoms with Gasteiger partial charge in [0.25, 0.3) is 0 Å². The number of halogens is 4. The summed E-state index contributed by atoms with van der Waals surface area (Å²) in [5.74, 6) is -0.577. The van der Waals surface area contributed by atoms with Gasteiger partial charge in [-0.25, -0.2) is 14.2 Å². The van der Waals surface area contributed by atoms with Gasteiger partial charge < -0.3 is 9.14 Å². The van der Waals surface area contributed by atoms with E-state index in [9.17, 15) is 22.4 Å². The minimum absolute atomic E-state index is 0.146. The van der Waals surface area contributed by atoms with E-state index in [1.807, 2.05) is 18.2 Å². The van der Waals surface area contributed by atoms with Crippen molar-refractivity contribution >= 4 is 16.8 Å². The molecular formula is C28H20F4N4O3. The maximum atomic E-state index is 14.1. The van der Waals surface area contributed by atoms with E-state index in [-0.39, 0.29) is 18.1 Å². The van der Waals surface area contributed by atoms with Gasteiger partial charge in [0.2, 0.25) is 0 Å². The summed E-state index contributed by atoms with van der Waals surface area (Å²) in [5, 5.41) is 3.82. The fourth-order valence-corrected chi connectivity index (χ4v) is 4.95. The molecule has 39 heavy (non-hydrogen) atoms. The lowest BCUT2D eigenvalue weighted by Gasteiger charge is -2.14. The summed E-state index contributed by atoms with van der Waals surface area (Å²) < 4.78 is 66.0. The zero-order chi connectivity index (χ0) is 27.5. The van der Waals surface area contributed by atoms with Crippen LogP contribution in [0.2, 0.25) is 0 Å². The van der Waals surface area contributed by atoms with Gasteiger partial charge >= 0.3 is 11.9 Å². The number of aromatic nitrogens is 4. The number of allylic oxidation sites excluding steroid dienone is 1. The molecule has 3 aromatic heterocycles. The zero-order valence-corrected chi connectivity index (χ0v) is 20.7. The molecule has 1 aliphatic heterocycles. The number of hydrogen-bond acceptors (Lipinski definition) is 5. The third-order valence-electron chi connectivity index (χ3n) is 6.83. The fraction of sp³-hybridized carbons (Fsp3) is 0.179. The van der Waals surface area contributed by atoms with Crippen molar-refractivity contribution in [2.45, 2.75) is 33.1 Å². The van der Waals surface area contributed by atoms with Crippen molar-refractivity contribution in [1.29, 1.82) is 0 Å². The van der Waals surface area contributed by atoms with Crippen LogP contribution in [-0.4, -0.2) is 19.5 Å². The minimum atomic E-state index is -4.46. The highest BCUT2D eigenvalue weighted by atomic mass is 19.4. The number of rotatable bonds is 3. The molecule has 11 heteroatoms. The van der Waals surface area contributed by atoms with Crippen LogP contribution in [0.4, 0.5) is 17.6 Å². The van der Waals surface area contributed by atoms with Crippen LogP contribution in [0.3, 0.4) is 0 Å². The van der Waals surface area contributed by atoms with Crippen molar-refractivity contribution in [3.8, 4) is 5.75 Å². The second-order valence-electron chi connectivity index (χ2n) is 9.33. The first-order chi connectivity index (χ1) is 18.6. The van der Waals surface area contributed by atoms with Gasteiger partial charge in [0, 0.05) is 35.5 Å². The van der Waals surface area contributed by atoms with Crippen LogP contribution in [0.5, 0.6) is 5.75 Å². The van der Waals surface area contributed by atoms with Crippen LogP contribution in [0.25, 0.3) is 16.8 Å². The number of H-pyrrole nitrogens is 1. The third-order valence-corrected chi connectivity index (χ3v) is 6.83. The van der Waals surface area contributed by atoms with Crippen molar-refractivity contribution in [3.05, 3.63) is 116 Å². The predicted octanol–water partition coefficient (Wildman–Crippen LogP) is 5.94. The Morgan fingerprint density at radius 3 is 2.64 bits per heavy atom. The molecule has 7 nitrogen and oxygen atoms in total. The monoisotopic (exact) mass is 536 g/mol. The van der Waals surface area contributed by atoms with Gasteiger partial charge in [-0.3, -0.25) is 9.51 Å². The molecule has 0 bridgehead atoms. The maximum Gasteiger partial charge on any atom is 0.439 e. The average Bonchev–Trinajstić information content (AvgIpc) is 3.41.